The maximum atomic E-state index is 12.3. The number of carbonyl (C=O) groups is 2. The van der Waals surface area contributed by atoms with Crippen LogP contribution in [-0.2, 0) is 9.59 Å². The summed E-state index contributed by atoms with van der Waals surface area (Å²) in [4.78, 5) is 34.2. The molecular weight excluding hydrogens is 332 g/mol. The number of non-ortho nitro benzene ring substituents is 1. The van der Waals surface area contributed by atoms with Crippen LogP contribution in [0.4, 0.5) is 11.4 Å². The van der Waals surface area contributed by atoms with Crippen LogP contribution in [0.25, 0.3) is 6.08 Å². The van der Waals surface area contributed by atoms with Gasteiger partial charge in [0, 0.05) is 22.8 Å². The van der Waals surface area contributed by atoms with Crippen molar-refractivity contribution in [2.24, 2.45) is 0 Å². The van der Waals surface area contributed by atoms with Gasteiger partial charge in [-0.3, -0.25) is 19.7 Å². The average Bonchev–Trinajstić information content (AvgIpc) is 2.54. The van der Waals surface area contributed by atoms with Gasteiger partial charge < -0.3 is 5.32 Å². The molecule has 2 aromatic carbocycles. The van der Waals surface area contributed by atoms with Gasteiger partial charge in [0.05, 0.1) is 10.5 Å². The van der Waals surface area contributed by atoms with E-state index in [1.807, 2.05) is 0 Å². The molecule has 0 radical (unpaired) electrons. The molecule has 0 saturated carbocycles. The second kappa shape index (κ2) is 7.52. The Morgan fingerprint density at radius 2 is 1.75 bits per heavy atom. The standard InChI is InChI=1S/C17H13ClN2O4/c1-11(21)15(10-12-4-2-3-5-16(12)18)17(22)19-13-6-8-14(9-7-13)20(23)24/h2-10H,1H3,(H,19,22). The number of nitro groups is 1. The fourth-order valence-corrected chi connectivity index (χ4v) is 2.13. The van der Waals surface area contributed by atoms with E-state index in [9.17, 15) is 19.7 Å². The molecule has 0 saturated heterocycles. The minimum absolute atomic E-state index is 0.0681. The molecule has 0 fully saturated rings. The maximum absolute atomic E-state index is 12.3. The minimum Gasteiger partial charge on any atom is -0.322 e. The summed E-state index contributed by atoms with van der Waals surface area (Å²) in [6, 6.07) is 12.1. The van der Waals surface area contributed by atoms with Gasteiger partial charge in [0.15, 0.2) is 5.78 Å². The van der Waals surface area contributed by atoms with Crippen LogP contribution in [0.3, 0.4) is 0 Å². The Kier molecular flexibility index (Phi) is 5.44. The van der Waals surface area contributed by atoms with Crippen LogP contribution in [0.5, 0.6) is 0 Å². The first-order chi connectivity index (χ1) is 11.4. The normalized spacial score (nSPS) is 11.0. The van der Waals surface area contributed by atoms with Gasteiger partial charge in [0.25, 0.3) is 11.6 Å². The Morgan fingerprint density at radius 1 is 1.12 bits per heavy atom. The monoisotopic (exact) mass is 344 g/mol. The molecule has 1 N–H and O–H groups in total. The summed E-state index contributed by atoms with van der Waals surface area (Å²) >= 11 is 6.03. The fourth-order valence-electron chi connectivity index (χ4n) is 1.94. The average molecular weight is 345 g/mol. The Hall–Kier alpha value is -2.99. The van der Waals surface area contributed by atoms with Crippen LogP contribution >= 0.6 is 11.6 Å². The van der Waals surface area contributed by atoms with Gasteiger partial charge in [-0.05, 0) is 36.8 Å². The Labute approximate surface area is 142 Å². The van der Waals surface area contributed by atoms with E-state index in [1.165, 1.54) is 37.3 Å². The van der Waals surface area contributed by atoms with Gasteiger partial charge in [0.2, 0.25) is 0 Å². The van der Waals surface area contributed by atoms with Crippen LogP contribution in [0.15, 0.2) is 54.1 Å². The van der Waals surface area contributed by atoms with Crippen molar-refractivity contribution in [3.8, 4) is 0 Å². The molecule has 0 aliphatic rings. The van der Waals surface area contributed by atoms with Crippen LogP contribution in [0.1, 0.15) is 12.5 Å². The molecule has 0 heterocycles. The zero-order valence-corrected chi connectivity index (χ0v) is 13.4. The Bertz CT molecular complexity index is 829. The number of hydrogen-bond acceptors (Lipinski definition) is 4. The molecule has 1 amide bonds. The van der Waals surface area contributed by atoms with E-state index >= 15 is 0 Å². The highest BCUT2D eigenvalue weighted by atomic mass is 35.5. The van der Waals surface area contributed by atoms with E-state index < -0.39 is 16.6 Å². The lowest BCUT2D eigenvalue weighted by Gasteiger charge is -2.07. The van der Waals surface area contributed by atoms with Gasteiger partial charge in [-0.2, -0.15) is 0 Å². The van der Waals surface area contributed by atoms with Gasteiger partial charge in [0.1, 0.15) is 0 Å². The quantitative estimate of drug-likeness (QED) is 0.293. The summed E-state index contributed by atoms with van der Waals surface area (Å²) in [5.41, 5.74) is 0.730. The van der Waals surface area contributed by atoms with Crippen molar-refractivity contribution in [3.05, 3.63) is 74.8 Å². The maximum Gasteiger partial charge on any atom is 0.269 e. The molecule has 0 atom stereocenters. The molecule has 0 spiro atoms. The number of nitrogens with zero attached hydrogens (tertiary/aromatic N) is 1. The number of ketones is 1. The predicted octanol–water partition coefficient (Wildman–Crippen LogP) is 3.86. The summed E-state index contributed by atoms with van der Waals surface area (Å²) in [6.07, 6.45) is 1.41. The number of hydrogen-bond donors (Lipinski definition) is 1. The number of anilines is 1. The first-order valence-corrected chi connectivity index (χ1v) is 7.29. The van der Waals surface area contributed by atoms with Crippen molar-refractivity contribution in [1.29, 1.82) is 0 Å². The largest absolute Gasteiger partial charge is 0.322 e. The number of nitro benzene ring substituents is 1. The highest BCUT2D eigenvalue weighted by Crippen LogP contribution is 2.20. The van der Waals surface area contributed by atoms with E-state index in [4.69, 9.17) is 11.6 Å². The molecular formula is C17H13ClN2O4. The number of halogens is 1. The van der Waals surface area contributed by atoms with E-state index in [0.29, 0.717) is 16.3 Å². The summed E-state index contributed by atoms with van der Waals surface area (Å²) < 4.78 is 0. The first kappa shape index (κ1) is 17.4. The first-order valence-electron chi connectivity index (χ1n) is 6.91. The van der Waals surface area contributed by atoms with Gasteiger partial charge in [-0.25, -0.2) is 0 Å². The molecule has 0 unspecified atom stereocenters. The summed E-state index contributed by atoms with van der Waals surface area (Å²) in [5, 5.41) is 13.6. The van der Waals surface area contributed by atoms with E-state index in [-0.39, 0.29) is 11.3 Å². The van der Waals surface area contributed by atoms with Crippen molar-refractivity contribution in [1.82, 2.24) is 0 Å². The van der Waals surface area contributed by atoms with E-state index in [2.05, 4.69) is 5.32 Å². The van der Waals surface area contributed by atoms with Crippen molar-refractivity contribution < 1.29 is 14.5 Å². The summed E-state index contributed by atoms with van der Waals surface area (Å²) in [7, 11) is 0. The van der Waals surface area contributed by atoms with Crippen molar-refractivity contribution in [2.75, 3.05) is 5.32 Å². The number of amides is 1. The van der Waals surface area contributed by atoms with E-state index in [0.717, 1.165) is 0 Å². The highest BCUT2D eigenvalue weighted by Gasteiger charge is 2.16. The van der Waals surface area contributed by atoms with Crippen LogP contribution in [0.2, 0.25) is 5.02 Å². The molecule has 2 aromatic rings. The molecule has 2 rings (SSSR count). The number of Topliss-reactive ketones (excluding diaryl/α,β-unsaturated/α-hetero) is 1. The van der Waals surface area contributed by atoms with Gasteiger partial charge >= 0.3 is 0 Å². The lowest BCUT2D eigenvalue weighted by atomic mass is 10.1. The molecule has 6 nitrogen and oxygen atoms in total. The van der Waals surface area contributed by atoms with Crippen LogP contribution in [-0.4, -0.2) is 16.6 Å². The third-order valence-electron chi connectivity index (χ3n) is 3.16. The van der Waals surface area contributed by atoms with E-state index in [1.54, 1.807) is 24.3 Å². The Balaban J connectivity index is 2.25. The molecule has 0 aromatic heterocycles. The third-order valence-corrected chi connectivity index (χ3v) is 3.51. The van der Waals surface area contributed by atoms with Crippen LogP contribution in [0, 0.1) is 10.1 Å². The minimum atomic E-state index is -0.615. The summed E-state index contributed by atoms with van der Waals surface area (Å²) in [6.45, 7) is 1.28. The van der Waals surface area contributed by atoms with Crippen molar-refractivity contribution >= 4 is 40.7 Å². The second-order valence-corrected chi connectivity index (χ2v) is 5.30. The molecule has 7 heteroatoms. The summed E-state index contributed by atoms with van der Waals surface area (Å²) in [5.74, 6) is -1.04. The smallest absolute Gasteiger partial charge is 0.269 e. The third kappa shape index (κ3) is 4.27. The molecule has 0 aliphatic carbocycles. The topological polar surface area (TPSA) is 89.3 Å². The van der Waals surface area contributed by atoms with Crippen molar-refractivity contribution in [2.45, 2.75) is 6.92 Å². The number of benzene rings is 2. The molecule has 122 valence electrons. The van der Waals surface area contributed by atoms with Gasteiger partial charge in [-0.15, -0.1) is 0 Å². The SMILES string of the molecule is CC(=O)C(=Cc1ccccc1Cl)C(=O)Nc1ccc([N+](=O)[O-])cc1. The number of carbonyl (C=O) groups excluding carboxylic acids is 2. The lowest BCUT2D eigenvalue weighted by Crippen LogP contribution is -2.18. The van der Waals surface area contributed by atoms with Crippen molar-refractivity contribution in [3.63, 3.8) is 0 Å². The molecule has 0 bridgehead atoms. The highest BCUT2D eigenvalue weighted by molar-refractivity contribution is 6.33. The number of nitrogens with one attached hydrogen (secondary N) is 1. The lowest BCUT2D eigenvalue weighted by molar-refractivity contribution is -0.384. The molecule has 0 aliphatic heterocycles. The Morgan fingerprint density at radius 3 is 2.29 bits per heavy atom. The fraction of sp³-hybridized carbons (Fsp3) is 0.0588. The zero-order valence-electron chi connectivity index (χ0n) is 12.7. The van der Waals surface area contributed by atoms with Crippen LogP contribution < -0.4 is 5.32 Å². The molecule has 24 heavy (non-hydrogen) atoms. The number of rotatable bonds is 5. The van der Waals surface area contributed by atoms with Gasteiger partial charge in [-0.1, -0.05) is 29.8 Å². The zero-order chi connectivity index (χ0) is 17.7. The second-order valence-electron chi connectivity index (χ2n) is 4.89. The predicted molar refractivity (Wildman–Crippen MR) is 91.8 cm³/mol.